The molecule has 1 unspecified atom stereocenters. The molecule has 0 spiro atoms. The van der Waals surface area contributed by atoms with E-state index in [-0.39, 0.29) is 5.91 Å². The monoisotopic (exact) mass is 278 g/mol. The maximum absolute atomic E-state index is 11.7. The molecule has 110 valence electrons. The minimum absolute atomic E-state index is 0.0393. The van der Waals surface area contributed by atoms with Gasteiger partial charge in [0.05, 0.1) is 19.8 Å². The summed E-state index contributed by atoms with van der Waals surface area (Å²) in [5, 5.41) is 5.97. The summed E-state index contributed by atoms with van der Waals surface area (Å²) in [6, 6.07) is 7.28. The number of hydrogen-bond acceptors (Lipinski definition) is 4. The maximum atomic E-state index is 11.7. The molecule has 1 aliphatic rings. The third-order valence-corrected chi connectivity index (χ3v) is 3.33. The first-order valence-corrected chi connectivity index (χ1v) is 7.04. The van der Waals surface area contributed by atoms with E-state index in [4.69, 9.17) is 9.47 Å². The number of ether oxygens (including phenoxy) is 2. The lowest BCUT2D eigenvalue weighted by Gasteiger charge is -2.10. The van der Waals surface area contributed by atoms with E-state index in [1.807, 2.05) is 24.3 Å². The molecule has 1 aromatic carbocycles. The van der Waals surface area contributed by atoms with Crippen molar-refractivity contribution in [3.8, 4) is 5.75 Å². The molecule has 1 amide bonds. The van der Waals surface area contributed by atoms with E-state index in [9.17, 15) is 4.79 Å². The van der Waals surface area contributed by atoms with Crippen LogP contribution in [0.25, 0.3) is 0 Å². The fourth-order valence-electron chi connectivity index (χ4n) is 2.22. The highest BCUT2D eigenvalue weighted by Gasteiger charge is 2.14. The summed E-state index contributed by atoms with van der Waals surface area (Å²) in [5.41, 5.74) is 0.775. The molecule has 1 aliphatic heterocycles. The van der Waals surface area contributed by atoms with Gasteiger partial charge in [0.1, 0.15) is 5.75 Å². The van der Waals surface area contributed by atoms with Crippen molar-refractivity contribution < 1.29 is 14.3 Å². The highest BCUT2D eigenvalue weighted by molar-refractivity contribution is 5.92. The molecule has 2 rings (SSSR count). The Bertz CT molecular complexity index is 414. The Balaban J connectivity index is 1.61. The number of methoxy groups -OCH3 is 1. The normalized spacial score (nSPS) is 17.9. The van der Waals surface area contributed by atoms with Gasteiger partial charge in [-0.2, -0.15) is 0 Å². The first-order chi connectivity index (χ1) is 9.78. The third kappa shape index (κ3) is 4.83. The molecule has 20 heavy (non-hydrogen) atoms. The van der Waals surface area contributed by atoms with Crippen molar-refractivity contribution in [3.05, 3.63) is 24.3 Å². The molecule has 2 N–H and O–H groups in total. The van der Waals surface area contributed by atoms with Gasteiger partial charge in [-0.15, -0.1) is 0 Å². The lowest BCUT2D eigenvalue weighted by molar-refractivity contribution is -0.115. The number of benzene rings is 1. The van der Waals surface area contributed by atoms with Crippen molar-refractivity contribution >= 4 is 11.6 Å². The molecule has 1 heterocycles. The maximum Gasteiger partial charge on any atom is 0.238 e. The van der Waals surface area contributed by atoms with E-state index in [1.54, 1.807) is 7.11 Å². The minimum Gasteiger partial charge on any atom is -0.497 e. The van der Waals surface area contributed by atoms with E-state index in [1.165, 1.54) is 0 Å². The molecular weight excluding hydrogens is 256 g/mol. The van der Waals surface area contributed by atoms with Crippen LogP contribution in [0.5, 0.6) is 5.75 Å². The van der Waals surface area contributed by atoms with Crippen molar-refractivity contribution in [1.29, 1.82) is 0 Å². The predicted octanol–water partition coefficient (Wildman–Crippen LogP) is 1.79. The van der Waals surface area contributed by atoms with Crippen molar-refractivity contribution in [1.82, 2.24) is 5.32 Å². The number of amides is 1. The first-order valence-electron chi connectivity index (χ1n) is 7.04. The average Bonchev–Trinajstić information content (AvgIpc) is 2.98. The Kier molecular flexibility index (Phi) is 5.83. The lowest BCUT2D eigenvalue weighted by atomic mass is 10.2. The fraction of sp³-hybridized carbons (Fsp3) is 0.533. The number of nitrogens with one attached hydrogen (secondary N) is 2. The molecule has 1 atom stereocenters. The summed E-state index contributed by atoms with van der Waals surface area (Å²) in [7, 11) is 1.62. The smallest absolute Gasteiger partial charge is 0.238 e. The predicted molar refractivity (Wildman–Crippen MR) is 78.1 cm³/mol. The van der Waals surface area contributed by atoms with Crippen molar-refractivity contribution in [3.63, 3.8) is 0 Å². The van der Waals surface area contributed by atoms with Crippen LogP contribution in [-0.2, 0) is 9.53 Å². The molecule has 5 nitrogen and oxygen atoms in total. The third-order valence-electron chi connectivity index (χ3n) is 3.33. The molecular formula is C15H22N2O3. The van der Waals surface area contributed by atoms with Gasteiger partial charge in [-0.3, -0.25) is 4.79 Å². The number of anilines is 1. The molecule has 0 aliphatic carbocycles. The quantitative estimate of drug-likeness (QED) is 0.747. The molecule has 5 heteroatoms. The summed E-state index contributed by atoms with van der Waals surface area (Å²) in [6.07, 6.45) is 3.63. The highest BCUT2D eigenvalue weighted by atomic mass is 16.5. The zero-order chi connectivity index (χ0) is 14.2. The van der Waals surface area contributed by atoms with Gasteiger partial charge in [0.25, 0.3) is 0 Å². The second-order valence-corrected chi connectivity index (χ2v) is 4.88. The summed E-state index contributed by atoms with van der Waals surface area (Å²) in [5.74, 6) is 0.736. The molecule has 0 bridgehead atoms. The molecule has 0 aromatic heterocycles. The van der Waals surface area contributed by atoms with Crippen LogP contribution < -0.4 is 15.4 Å². The van der Waals surface area contributed by atoms with Crippen LogP contribution >= 0.6 is 0 Å². The summed E-state index contributed by atoms with van der Waals surface area (Å²) < 4.78 is 10.6. The summed E-state index contributed by atoms with van der Waals surface area (Å²) >= 11 is 0. The standard InChI is InChI=1S/C15H22N2O3/c1-19-13-6-4-12(5-7-13)17-15(18)11-16-9-8-14-3-2-10-20-14/h4-7,14,16H,2-3,8-11H2,1H3,(H,17,18). The van der Waals surface area contributed by atoms with Crippen LogP contribution in [0, 0.1) is 0 Å². The van der Waals surface area contributed by atoms with Crippen LogP contribution in [0.15, 0.2) is 24.3 Å². The average molecular weight is 278 g/mol. The molecule has 1 aromatic rings. The topological polar surface area (TPSA) is 59.6 Å². The van der Waals surface area contributed by atoms with Crippen molar-refractivity contribution in [2.24, 2.45) is 0 Å². The Labute approximate surface area is 119 Å². The minimum atomic E-state index is -0.0393. The molecule has 0 radical (unpaired) electrons. The van der Waals surface area contributed by atoms with Crippen LogP contribution in [0.3, 0.4) is 0 Å². The van der Waals surface area contributed by atoms with E-state index < -0.39 is 0 Å². The van der Waals surface area contributed by atoms with E-state index in [0.717, 1.165) is 43.9 Å². The largest absolute Gasteiger partial charge is 0.497 e. The van der Waals surface area contributed by atoms with Crippen LogP contribution in [0.4, 0.5) is 5.69 Å². The van der Waals surface area contributed by atoms with E-state index in [2.05, 4.69) is 10.6 Å². The zero-order valence-corrected chi connectivity index (χ0v) is 11.9. The number of carbonyl (C=O) groups excluding carboxylic acids is 1. The first kappa shape index (κ1) is 14.8. The SMILES string of the molecule is COc1ccc(NC(=O)CNCCC2CCCO2)cc1. The number of hydrogen-bond donors (Lipinski definition) is 2. The summed E-state index contributed by atoms with van der Waals surface area (Å²) in [6.45, 7) is 2.00. The van der Waals surface area contributed by atoms with Gasteiger partial charge < -0.3 is 20.1 Å². The van der Waals surface area contributed by atoms with Gasteiger partial charge in [0, 0.05) is 12.3 Å². The van der Waals surface area contributed by atoms with Gasteiger partial charge in [-0.1, -0.05) is 0 Å². The van der Waals surface area contributed by atoms with Gasteiger partial charge >= 0.3 is 0 Å². The van der Waals surface area contributed by atoms with E-state index in [0.29, 0.717) is 12.6 Å². The van der Waals surface area contributed by atoms with Crippen LogP contribution in [0.1, 0.15) is 19.3 Å². The van der Waals surface area contributed by atoms with Gasteiger partial charge in [0.2, 0.25) is 5.91 Å². The van der Waals surface area contributed by atoms with Crippen LogP contribution in [0.2, 0.25) is 0 Å². The fourth-order valence-corrected chi connectivity index (χ4v) is 2.22. The van der Waals surface area contributed by atoms with Crippen LogP contribution in [-0.4, -0.2) is 38.8 Å². The Morgan fingerprint density at radius 1 is 1.40 bits per heavy atom. The number of carbonyl (C=O) groups is 1. The second kappa shape index (κ2) is 7.87. The molecule has 1 saturated heterocycles. The lowest BCUT2D eigenvalue weighted by Crippen LogP contribution is -2.30. The Morgan fingerprint density at radius 3 is 2.85 bits per heavy atom. The molecule has 0 saturated carbocycles. The van der Waals surface area contributed by atoms with E-state index >= 15 is 0 Å². The molecule has 1 fully saturated rings. The van der Waals surface area contributed by atoms with Crippen molar-refractivity contribution in [2.75, 3.05) is 32.1 Å². The van der Waals surface area contributed by atoms with Crippen molar-refractivity contribution in [2.45, 2.75) is 25.4 Å². The van der Waals surface area contributed by atoms with Gasteiger partial charge in [-0.25, -0.2) is 0 Å². The zero-order valence-electron chi connectivity index (χ0n) is 11.9. The summed E-state index contributed by atoms with van der Waals surface area (Å²) in [4.78, 5) is 11.7. The van der Waals surface area contributed by atoms with Gasteiger partial charge in [-0.05, 0) is 50.1 Å². The Morgan fingerprint density at radius 2 is 2.20 bits per heavy atom. The number of rotatable bonds is 7. The van der Waals surface area contributed by atoms with Gasteiger partial charge in [0.15, 0.2) is 0 Å². The Hall–Kier alpha value is -1.59. The highest BCUT2D eigenvalue weighted by Crippen LogP contribution is 2.15. The second-order valence-electron chi connectivity index (χ2n) is 4.88.